The van der Waals surface area contributed by atoms with Gasteiger partial charge < -0.3 is 15.2 Å². The molecular weight excluding hydrogens is 286 g/mol. The van der Waals surface area contributed by atoms with Gasteiger partial charge in [-0.25, -0.2) is 0 Å². The topological polar surface area (TPSA) is 48.1 Å². The minimum absolute atomic E-state index is 0.155. The van der Waals surface area contributed by atoms with Crippen LogP contribution in [0.3, 0.4) is 0 Å². The lowest BCUT2D eigenvalue weighted by Gasteiger charge is -2.32. The molecule has 122 valence electrons. The number of nitrogens with zero attached hydrogens (tertiary/aromatic N) is 1. The van der Waals surface area contributed by atoms with Gasteiger partial charge in [0.2, 0.25) is 5.91 Å². The number of benzene rings is 1. The molecule has 1 saturated carbocycles. The van der Waals surface area contributed by atoms with Crippen molar-refractivity contribution < 1.29 is 4.79 Å². The summed E-state index contributed by atoms with van der Waals surface area (Å²) in [6.45, 7) is 4.33. The summed E-state index contributed by atoms with van der Waals surface area (Å²) in [6, 6.07) is 9.41. The normalized spacial score (nSPS) is 20.0. The Labute approximate surface area is 137 Å². The third kappa shape index (κ3) is 3.13. The van der Waals surface area contributed by atoms with Crippen molar-refractivity contribution >= 4 is 16.8 Å². The number of fused-ring (bicyclic) bond motifs is 1. The number of rotatable bonds is 4. The van der Waals surface area contributed by atoms with E-state index in [4.69, 9.17) is 0 Å². The number of aromatic nitrogens is 1. The van der Waals surface area contributed by atoms with E-state index >= 15 is 0 Å². The van der Waals surface area contributed by atoms with Crippen molar-refractivity contribution in [1.29, 1.82) is 0 Å². The van der Waals surface area contributed by atoms with Gasteiger partial charge in [-0.05, 0) is 44.2 Å². The number of carbonyl (C=O) groups excluding carboxylic acids is 1. The third-order valence-corrected chi connectivity index (χ3v) is 5.32. The highest BCUT2D eigenvalue weighted by atomic mass is 16.1. The van der Waals surface area contributed by atoms with Crippen molar-refractivity contribution in [3.05, 3.63) is 35.5 Å². The standard InChI is InChI=1S/C19H25N3O/c1-13-17(16-4-2-3-5-18(16)20-13)12-19(23)21-14-8-10-22(11-9-14)15-6-7-15/h2-5,14-15,20H,6-12H2,1H3,(H,21,23). The molecule has 1 aromatic heterocycles. The summed E-state index contributed by atoms with van der Waals surface area (Å²) in [5.41, 5.74) is 3.35. The predicted molar refractivity (Wildman–Crippen MR) is 92.5 cm³/mol. The van der Waals surface area contributed by atoms with E-state index in [1.807, 2.05) is 12.1 Å². The number of aryl methyl sites for hydroxylation is 1. The number of likely N-dealkylation sites (tertiary alicyclic amines) is 1. The van der Waals surface area contributed by atoms with Crippen molar-refractivity contribution in [3.8, 4) is 0 Å². The summed E-state index contributed by atoms with van der Waals surface area (Å²) >= 11 is 0. The van der Waals surface area contributed by atoms with Gasteiger partial charge in [0.05, 0.1) is 6.42 Å². The van der Waals surface area contributed by atoms with E-state index in [9.17, 15) is 4.79 Å². The molecule has 0 radical (unpaired) electrons. The number of H-pyrrole nitrogens is 1. The molecule has 0 atom stereocenters. The Morgan fingerprint density at radius 3 is 2.70 bits per heavy atom. The van der Waals surface area contributed by atoms with Crippen LogP contribution >= 0.6 is 0 Å². The molecule has 1 saturated heterocycles. The number of amides is 1. The average molecular weight is 311 g/mol. The minimum atomic E-state index is 0.155. The summed E-state index contributed by atoms with van der Waals surface area (Å²) in [5.74, 6) is 0.155. The van der Waals surface area contributed by atoms with Gasteiger partial charge in [-0.2, -0.15) is 0 Å². The zero-order chi connectivity index (χ0) is 15.8. The first kappa shape index (κ1) is 14.8. The van der Waals surface area contributed by atoms with Crippen LogP contribution in [0.15, 0.2) is 24.3 Å². The van der Waals surface area contributed by atoms with Gasteiger partial charge in [0.15, 0.2) is 0 Å². The number of hydrogen-bond acceptors (Lipinski definition) is 2. The average Bonchev–Trinajstić information content (AvgIpc) is 3.34. The lowest BCUT2D eigenvalue weighted by Crippen LogP contribution is -2.45. The number of para-hydroxylation sites is 1. The monoisotopic (exact) mass is 311 g/mol. The zero-order valence-corrected chi connectivity index (χ0v) is 13.8. The van der Waals surface area contributed by atoms with E-state index in [2.05, 4.69) is 34.3 Å². The third-order valence-electron chi connectivity index (χ3n) is 5.32. The smallest absolute Gasteiger partial charge is 0.224 e. The summed E-state index contributed by atoms with van der Waals surface area (Å²) < 4.78 is 0. The molecule has 23 heavy (non-hydrogen) atoms. The quantitative estimate of drug-likeness (QED) is 0.912. The van der Waals surface area contributed by atoms with Crippen molar-refractivity contribution in [1.82, 2.24) is 15.2 Å². The van der Waals surface area contributed by atoms with Gasteiger partial charge in [0.25, 0.3) is 0 Å². The first-order chi connectivity index (χ1) is 11.2. The zero-order valence-electron chi connectivity index (χ0n) is 13.8. The number of nitrogens with one attached hydrogen (secondary N) is 2. The van der Waals surface area contributed by atoms with Gasteiger partial charge in [-0.1, -0.05) is 18.2 Å². The van der Waals surface area contributed by atoms with Crippen LogP contribution in [0.1, 0.15) is 36.9 Å². The molecule has 1 aliphatic carbocycles. The fourth-order valence-corrected chi connectivity index (χ4v) is 3.85. The van der Waals surface area contributed by atoms with Crippen LogP contribution in [-0.2, 0) is 11.2 Å². The maximum Gasteiger partial charge on any atom is 0.224 e. The van der Waals surface area contributed by atoms with Gasteiger partial charge in [-0.15, -0.1) is 0 Å². The predicted octanol–water partition coefficient (Wildman–Crippen LogP) is 2.76. The highest BCUT2D eigenvalue weighted by Crippen LogP contribution is 2.29. The number of piperidine rings is 1. The van der Waals surface area contributed by atoms with Crippen LogP contribution in [-0.4, -0.2) is 41.0 Å². The molecule has 2 aromatic rings. The molecular formula is C19H25N3O. The SMILES string of the molecule is Cc1[nH]c2ccccc2c1CC(=O)NC1CCN(C2CC2)CC1. The number of aromatic amines is 1. The summed E-state index contributed by atoms with van der Waals surface area (Å²) in [5, 5.41) is 4.42. The van der Waals surface area contributed by atoms with Gasteiger partial charge in [0.1, 0.15) is 0 Å². The van der Waals surface area contributed by atoms with Gasteiger partial charge >= 0.3 is 0 Å². The Hall–Kier alpha value is -1.81. The number of carbonyl (C=O) groups is 1. The Morgan fingerprint density at radius 1 is 1.22 bits per heavy atom. The molecule has 2 N–H and O–H groups in total. The van der Waals surface area contributed by atoms with Crippen LogP contribution in [0, 0.1) is 6.92 Å². The second-order valence-electron chi connectivity index (χ2n) is 7.06. The van der Waals surface area contributed by atoms with Crippen molar-refractivity contribution in [3.63, 3.8) is 0 Å². The molecule has 0 unspecified atom stereocenters. The van der Waals surface area contributed by atoms with Gasteiger partial charge in [0, 0.05) is 41.8 Å². The highest BCUT2D eigenvalue weighted by Gasteiger charge is 2.32. The summed E-state index contributed by atoms with van der Waals surface area (Å²) in [4.78, 5) is 18.4. The van der Waals surface area contributed by atoms with Gasteiger partial charge in [-0.3, -0.25) is 4.79 Å². The second kappa shape index (κ2) is 6.00. The van der Waals surface area contributed by atoms with Crippen LogP contribution in [0.5, 0.6) is 0 Å². The van der Waals surface area contributed by atoms with E-state index in [-0.39, 0.29) is 5.91 Å². The molecule has 2 heterocycles. The largest absolute Gasteiger partial charge is 0.358 e. The van der Waals surface area contributed by atoms with E-state index in [1.165, 1.54) is 18.2 Å². The highest BCUT2D eigenvalue weighted by molar-refractivity contribution is 5.90. The Bertz CT molecular complexity index is 708. The number of hydrogen-bond donors (Lipinski definition) is 2. The van der Waals surface area contributed by atoms with E-state index in [0.29, 0.717) is 12.5 Å². The molecule has 2 fully saturated rings. The maximum absolute atomic E-state index is 12.5. The lowest BCUT2D eigenvalue weighted by molar-refractivity contribution is -0.121. The molecule has 4 nitrogen and oxygen atoms in total. The molecule has 0 bridgehead atoms. The van der Waals surface area contributed by atoms with E-state index in [0.717, 1.165) is 48.7 Å². The van der Waals surface area contributed by atoms with Crippen LogP contribution in [0.4, 0.5) is 0 Å². The molecule has 4 heteroatoms. The fourth-order valence-electron chi connectivity index (χ4n) is 3.85. The second-order valence-corrected chi connectivity index (χ2v) is 7.06. The molecule has 4 rings (SSSR count). The summed E-state index contributed by atoms with van der Waals surface area (Å²) in [7, 11) is 0. The minimum Gasteiger partial charge on any atom is -0.358 e. The Morgan fingerprint density at radius 2 is 1.96 bits per heavy atom. The van der Waals surface area contributed by atoms with E-state index < -0.39 is 0 Å². The first-order valence-corrected chi connectivity index (χ1v) is 8.80. The molecule has 2 aliphatic rings. The maximum atomic E-state index is 12.5. The van der Waals surface area contributed by atoms with Crippen molar-refractivity contribution in [2.75, 3.05) is 13.1 Å². The fraction of sp³-hybridized carbons (Fsp3) is 0.526. The summed E-state index contributed by atoms with van der Waals surface area (Å²) in [6.07, 6.45) is 5.40. The molecule has 1 amide bonds. The lowest BCUT2D eigenvalue weighted by atomic mass is 10.0. The first-order valence-electron chi connectivity index (χ1n) is 8.80. The van der Waals surface area contributed by atoms with Crippen LogP contribution in [0.2, 0.25) is 0 Å². The molecule has 1 aliphatic heterocycles. The molecule has 0 spiro atoms. The Kier molecular flexibility index (Phi) is 3.85. The van der Waals surface area contributed by atoms with Crippen LogP contribution in [0.25, 0.3) is 10.9 Å². The molecule has 1 aromatic carbocycles. The Balaban J connectivity index is 1.37. The van der Waals surface area contributed by atoms with Crippen molar-refractivity contribution in [2.45, 2.75) is 51.1 Å². The van der Waals surface area contributed by atoms with Crippen LogP contribution < -0.4 is 5.32 Å². The van der Waals surface area contributed by atoms with E-state index in [1.54, 1.807) is 0 Å². The van der Waals surface area contributed by atoms with Crippen molar-refractivity contribution in [2.24, 2.45) is 0 Å².